The first-order chi connectivity index (χ1) is 5.13. The molecule has 0 spiro atoms. The molecule has 0 heterocycles. The topological polar surface area (TPSA) is 18.5 Å². The summed E-state index contributed by atoms with van der Waals surface area (Å²) in [6.45, 7) is 2.74. The van der Waals surface area contributed by atoms with Crippen molar-refractivity contribution >= 4 is 0 Å². The van der Waals surface area contributed by atoms with E-state index >= 15 is 0 Å². The van der Waals surface area contributed by atoms with Crippen molar-refractivity contribution in [1.82, 2.24) is 0 Å². The van der Waals surface area contributed by atoms with E-state index in [1.165, 1.54) is 13.8 Å². The van der Waals surface area contributed by atoms with E-state index in [1.807, 2.05) is 0 Å². The summed E-state index contributed by atoms with van der Waals surface area (Å²) in [6.07, 6.45) is -2.00. The van der Waals surface area contributed by atoms with Crippen LogP contribution >= 0.6 is 0 Å². The minimum atomic E-state index is -0.999. The highest BCUT2D eigenvalue weighted by Gasteiger charge is 1.99. The summed E-state index contributed by atoms with van der Waals surface area (Å²) in [5.41, 5.74) is 0. The first-order valence-corrected chi connectivity index (χ1v) is 3.56. The Kier molecular flexibility index (Phi) is 6.36. The maximum atomic E-state index is 12.0. The molecule has 2 unspecified atom stereocenters. The predicted molar refractivity (Wildman–Crippen MR) is 37.9 cm³/mol. The molecule has 0 fully saturated rings. The van der Waals surface area contributed by atoms with E-state index in [2.05, 4.69) is 9.47 Å². The van der Waals surface area contributed by atoms with Crippen LogP contribution < -0.4 is 0 Å². The van der Waals surface area contributed by atoms with Crippen LogP contribution in [0.2, 0.25) is 0 Å². The van der Waals surface area contributed by atoms with Gasteiger partial charge in [0.05, 0.1) is 13.2 Å². The molecule has 0 rings (SSSR count). The third kappa shape index (κ3) is 9.78. The van der Waals surface area contributed by atoms with E-state index in [0.717, 1.165) is 0 Å². The molecule has 11 heavy (non-hydrogen) atoms. The highest BCUT2D eigenvalue weighted by atomic mass is 19.1. The Bertz CT molecular complexity index is 76.5. The Hall–Kier alpha value is -0.220. The lowest BCUT2D eigenvalue weighted by Gasteiger charge is -2.06. The van der Waals surface area contributed by atoms with Gasteiger partial charge >= 0.3 is 0 Å². The number of alkyl halides is 2. The summed E-state index contributed by atoms with van der Waals surface area (Å²) in [6, 6.07) is 0. The monoisotopic (exact) mass is 168 g/mol. The van der Waals surface area contributed by atoms with Gasteiger partial charge in [-0.15, -0.1) is 0 Å². The molecule has 68 valence electrons. The summed E-state index contributed by atoms with van der Waals surface area (Å²) >= 11 is 0. The molecule has 0 amide bonds. The van der Waals surface area contributed by atoms with Crippen molar-refractivity contribution in [3.8, 4) is 0 Å². The average Bonchev–Trinajstić information content (AvgIpc) is 1.85. The van der Waals surface area contributed by atoms with Crippen molar-refractivity contribution in [3.63, 3.8) is 0 Å². The fourth-order valence-corrected chi connectivity index (χ4v) is 0.480. The maximum Gasteiger partial charge on any atom is 0.146 e. The Morgan fingerprint density at radius 3 is 1.64 bits per heavy atom. The average molecular weight is 168 g/mol. The fourth-order valence-electron chi connectivity index (χ4n) is 0.480. The van der Waals surface area contributed by atoms with Crippen LogP contribution in [0.4, 0.5) is 8.78 Å². The van der Waals surface area contributed by atoms with Crippen molar-refractivity contribution in [3.05, 3.63) is 0 Å². The Morgan fingerprint density at radius 1 is 1.00 bits per heavy atom. The van der Waals surface area contributed by atoms with Crippen molar-refractivity contribution < 1.29 is 18.3 Å². The van der Waals surface area contributed by atoms with E-state index < -0.39 is 12.3 Å². The lowest BCUT2D eigenvalue weighted by molar-refractivity contribution is -0.0763. The van der Waals surface area contributed by atoms with Crippen molar-refractivity contribution in [2.75, 3.05) is 20.0 Å². The number of hydrogen-bond acceptors (Lipinski definition) is 2. The number of halogens is 2. The first kappa shape index (κ1) is 10.8. The zero-order valence-electron chi connectivity index (χ0n) is 6.85. The molecular formula is C7H14F2O2. The van der Waals surface area contributed by atoms with Crippen LogP contribution in [0.25, 0.3) is 0 Å². The van der Waals surface area contributed by atoms with Gasteiger partial charge in [-0.2, -0.15) is 0 Å². The molecule has 0 aromatic carbocycles. The van der Waals surface area contributed by atoms with Gasteiger partial charge in [0.2, 0.25) is 0 Å². The molecule has 0 N–H and O–H groups in total. The minimum absolute atomic E-state index is 0.000661. The quantitative estimate of drug-likeness (QED) is 0.444. The van der Waals surface area contributed by atoms with Crippen LogP contribution in [-0.4, -0.2) is 32.4 Å². The highest BCUT2D eigenvalue weighted by molar-refractivity contribution is 4.41. The second-order valence-electron chi connectivity index (χ2n) is 2.42. The highest BCUT2D eigenvalue weighted by Crippen LogP contribution is 1.92. The van der Waals surface area contributed by atoms with E-state index in [1.54, 1.807) is 0 Å². The lowest BCUT2D eigenvalue weighted by Crippen LogP contribution is -2.12. The summed E-state index contributed by atoms with van der Waals surface area (Å²) in [5, 5.41) is 0. The Labute approximate surface area is 65.5 Å². The van der Waals surface area contributed by atoms with Gasteiger partial charge in [-0.1, -0.05) is 0 Å². The third-order valence-electron chi connectivity index (χ3n) is 0.862. The van der Waals surface area contributed by atoms with Crippen LogP contribution in [-0.2, 0) is 9.47 Å². The van der Waals surface area contributed by atoms with Crippen LogP contribution in [0.15, 0.2) is 0 Å². The largest absolute Gasteiger partial charge is 0.352 e. The summed E-state index contributed by atoms with van der Waals surface area (Å²) in [4.78, 5) is 0. The smallest absolute Gasteiger partial charge is 0.146 e. The van der Waals surface area contributed by atoms with Gasteiger partial charge in [0.15, 0.2) is 0 Å². The second kappa shape index (κ2) is 6.49. The van der Waals surface area contributed by atoms with Gasteiger partial charge in [-0.25, -0.2) is 8.78 Å². The predicted octanol–water partition coefficient (Wildman–Crippen LogP) is 1.69. The van der Waals surface area contributed by atoms with Gasteiger partial charge in [-0.05, 0) is 13.8 Å². The van der Waals surface area contributed by atoms with E-state index in [0.29, 0.717) is 0 Å². The third-order valence-corrected chi connectivity index (χ3v) is 0.862. The molecule has 0 aliphatic heterocycles. The summed E-state index contributed by atoms with van der Waals surface area (Å²) < 4.78 is 33.4. The molecule has 0 aromatic rings. The molecule has 0 saturated carbocycles. The summed E-state index contributed by atoms with van der Waals surface area (Å²) in [5.74, 6) is 0. The zero-order chi connectivity index (χ0) is 8.69. The normalized spacial score (nSPS) is 16.4. The van der Waals surface area contributed by atoms with Gasteiger partial charge in [0, 0.05) is 0 Å². The molecule has 0 aliphatic rings. The van der Waals surface area contributed by atoms with Crippen LogP contribution in [0.3, 0.4) is 0 Å². The number of ether oxygens (including phenoxy) is 2. The standard InChI is InChI=1S/C7H14F2O2/c1-6(8)3-10-5-11-4-7(2)9/h6-7H,3-5H2,1-2H3. The van der Waals surface area contributed by atoms with Gasteiger partial charge in [0.1, 0.15) is 19.1 Å². The van der Waals surface area contributed by atoms with Crippen LogP contribution in [0.5, 0.6) is 0 Å². The molecular weight excluding hydrogens is 154 g/mol. The number of rotatable bonds is 6. The lowest BCUT2D eigenvalue weighted by atomic mass is 10.5. The van der Waals surface area contributed by atoms with E-state index in [-0.39, 0.29) is 20.0 Å². The molecule has 0 aliphatic carbocycles. The minimum Gasteiger partial charge on any atom is -0.352 e. The molecule has 4 heteroatoms. The van der Waals surface area contributed by atoms with E-state index in [9.17, 15) is 8.78 Å². The van der Waals surface area contributed by atoms with Crippen molar-refractivity contribution in [2.24, 2.45) is 0 Å². The van der Waals surface area contributed by atoms with Crippen LogP contribution in [0, 0.1) is 0 Å². The SMILES string of the molecule is CC(F)COCOCC(C)F. The molecule has 2 nitrogen and oxygen atoms in total. The van der Waals surface area contributed by atoms with E-state index in [4.69, 9.17) is 0 Å². The van der Waals surface area contributed by atoms with Gasteiger partial charge in [-0.3, -0.25) is 0 Å². The van der Waals surface area contributed by atoms with Crippen molar-refractivity contribution in [1.29, 1.82) is 0 Å². The molecule has 0 radical (unpaired) electrons. The second-order valence-corrected chi connectivity index (χ2v) is 2.42. The zero-order valence-corrected chi connectivity index (χ0v) is 6.85. The maximum absolute atomic E-state index is 12.0. The molecule has 0 bridgehead atoms. The van der Waals surface area contributed by atoms with Crippen LogP contribution in [0.1, 0.15) is 13.8 Å². The molecule has 0 aromatic heterocycles. The Balaban J connectivity index is 2.91. The van der Waals surface area contributed by atoms with Crippen molar-refractivity contribution in [2.45, 2.75) is 26.2 Å². The summed E-state index contributed by atoms with van der Waals surface area (Å²) in [7, 11) is 0. The van der Waals surface area contributed by atoms with Gasteiger partial charge in [0.25, 0.3) is 0 Å². The first-order valence-electron chi connectivity index (χ1n) is 3.56. The fraction of sp³-hybridized carbons (Fsp3) is 1.00. The Morgan fingerprint density at radius 2 is 1.36 bits per heavy atom. The molecule has 2 atom stereocenters. The number of hydrogen-bond donors (Lipinski definition) is 0. The van der Waals surface area contributed by atoms with Gasteiger partial charge < -0.3 is 9.47 Å². The molecule has 0 saturated heterocycles.